The summed E-state index contributed by atoms with van der Waals surface area (Å²) in [5.74, 6) is -1.93. The molecule has 0 amide bonds. The number of halogens is 3. The van der Waals surface area contributed by atoms with Gasteiger partial charge in [-0.1, -0.05) is 0 Å². The van der Waals surface area contributed by atoms with Crippen LogP contribution >= 0.6 is 7.60 Å². The van der Waals surface area contributed by atoms with Crippen LogP contribution in [0, 0.1) is 17.2 Å². The average molecular weight is 271 g/mol. The number of nitrogens with zero attached hydrogens (tertiary/aromatic N) is 1. The lowest BCUT2D eigenvalue weighted by Crippen LogP contribution is -2.23. The van der Waals surface area contributed by atoms with E-state index in [0.29, 0.717) is 0 Å². The Bertz CT molecular complexity index is 369. The highest BCUT2D eigenvalue weighted by Crippen LogP contribution is 2.76. The van der Waals surface area contributed by atoms with E-state index in [1.54, 1.807) is 0 Å². The largest absolute Gasteiger partial charge is 0.394 e. The van der Waals surface area contributed by atoms with Crippen LogP contribution < -0.4 is 0 Å². The van der Waals surface area contributed by atoms with E-state index in [9.17, 15) is 17.7 Å². The van der Waals surface area contributed by atoms with Gasteiger partial charge in [-0.05, 0) is 20.3 Å². The Hall–Kier alpha value is -0.570. The lowest BCUT2D eigenvalue weighted by Gasteiger charge is -2.22. The van der Waals surface area contributed by atoms with E-state index >= 15 is 0 Å². The zero-order chi connectivity index (χ0) is 13.3. The van der Waals surface area contributed by atoms with Crippen molar-refractivity contribution in [2.75, 3.05) is 13.2 Å². The molecule has 8 heteroatoms. The number of nitriles is 1. The standard InChI is InChI=1S/C9H13F3NO3P/c1-3-15-17(14,16-4-2)8(6-13)5-7(8)9(10,11)12/h7H,3-5H2,1-2H3. The van der Waals surface area contributed by atoms with Gasteiger partial charge in [-0.15, -0.1) is 0 Å². The Morgan fingerprint density at radius 3 is 2.12 bits per heavy atom. The zero-order valence-corrected chi connectivity index (χ0v) is 10.3. The minimum Gasteiger partial charge on any atom is -0.308 e. The van der Waals surface area contributed by atoms with Gasteiger partial charge in [0.05, 0.1) is 25.2 Å². The molecule has 98 valence electrons. The summed E-state index contributed by atoms with van der Waals surface area (Å²) in [5.41, 5.74) is 0. The molecule has 1 aliphatic rings. The molecule has 0 aromatic carbocycles. The first-order valence-corrected chi connectivity index (χ1v) is 6.69. The van der Waals surface area contributed by atoms with E-state index in [0.717, 1.165) is 0 Å². The van der Waals surface area contributed by atoms with Crippen molar-refractivity contribution >= 4 is 7.60 Å². The Morgan fingerprint density at radius 2 is 1.88 bits per heavy atom. The third kappa shape index (κ3) is 2.35. The van der Waals surface area contributed by atoms with Crippen LogP contribution in [0.1, 0.15) is 20.3 Å². The molecule has 0 aliphatic heterocycles. The van der Waals surface area contributed by atoms with Gasteiger partial charge in [0.25, 0.3) is 0 Å². The number of hydrogen-bond acceptors (Lipinski definition) is 4. The molecule has 0 N–H and O–H groups in total. The fraction of sp³-hybridized carbons (Fsp3) is 0.889. The van der Waals surface area contributed by atoms with Crippen LogP contribution in [-0.2, 0) is 13.6 Å². The van der Waals surface area contributed by atoms with Gasteiger partial charge in [0, 0.05) is 0 Å². The first-order valence-electron chi connectivity index (χ1n) is 5.14. The van der Waals surface area contributed by atoms with Crippen molar-refractivity contribution in [3.8, 4) is 6.07 Å². The molecule has 4 nitrogen and oxygen atoms in total. The fourth-order valence-electron chi connectivity index (χ4n) is 1.73. The van der Waals surface area contributed by atoms with E-state index in [1.807, 2.05) is 0 Å². The summed E-state index contributed by atoms with van der Waals surface area (Å²) in [6, 6.07) is 1.49. The van der Waals surface area contributed by atoms with E-state index in [4.69, 9.17) is 14.3 Å². The molecule has 0 saturated heterocycles. The Kier molecular flexibility index (Phi) is 3.92. The highest BCUT2D eigenvalue weighted by atomic mass is 31.2. The summed E-state index contributed by atoms with van der Waals surface area (Å²) < 4.78 is 59.5. The minimum atomic E-state index is -4.56. The van der Waals surface area contributed by atoms with Crippen molar-refractivity contribution in [3.05, 3.63) is 0 Å². The van der Waals surface area contributed by atoms with Gasteiger partial charge in [0.1, 0.15) is 0 Å². The van der Waals surface area contributed by atoms with Crippen LogP contribution in [0.25, 0.3) is 0 Å². The molecule has 1 fully saturated rings. The van der Waals surface area contributed by atoms with Crippen LogP contribution in [-0.4, -0.2) is 24.5 Å². The monoisotopic (exact) mass is 271 g/mol. The highest BCUT2D eigenvalue weighted by molar-refractivity contribution is 7.56. The number of rotatable bonds is 5. The highest BCUT2D eigenvalue weighted by Gasteiger charge is 2.77. The molecule has 1 saturated carbocycles. The molecule has 17 heavy (non-hydrogen) atoms. The maximum absolute atomic E-state index is 12.6. The van der Waals surface area contributed by atoms with Crippen molar-refractivity contribution in [2.45, 2.75) is 31.6 Å². The zero-order valence-electron chi connectivity index (χ0n) is 9.45. The molecule has 1 rings (SSSR count). The van der Waals surface area contributed by atoms with Crippen molar-refractivity contribution in [1.82, 2.24) is 0 Å². The van der Waals surface area contributed by atoms with Gasteiger partial charge in [-0.2, -0.15) is 18.4 Å². The first kappa shape index (κ1) is 14.5. The summed E-state index contributed by atoms with van der Waals surface area (Å²) in [7, 11) is -4.04. The van der Waals surface area contributed by atoms with Crippen LogP contribution in [0.4, 0.5) is 13.2 Å². The van der Waals surface area contributed by atoms with Crippen molar-refractivity contribution < 1.29 is 26.8 Å². The third-order valence-corrected chi connectivity index (χ3v) is 5.38. The minimum absolute atomic E-state index is 0.0642. The van der Waals surface area contributed by atoms with E-state index < -0.39 is 31.3 Å². The molecule has 0 aromatic rings. The van der Waals surface area contributed by atoms with Gasteiger partial charge in [0.2, 0.25) is 0 Å². The fourth-order valence-corrected chi connectivity index (χ4v) is 4.01. The molecular weight excluding hydrogens is 258 g/mol. The number of alkyl halides is 3. The van der Waals surface area contributed by atoms with E-state index in [2.05, 4.69) is 0 Å². The summed E-state index contributed by atoms with van der Waals surface area (Å²) in [4.78, 5) is 0. The molecule has 0 radical (unpaired) electrons. The van der Waals surface area contributed by atoms with Gasteiger partial charge < -0.3 is 9.05 Å². The maximum Gasteiger partial charge on any atom is 0.394 e. The topological polar surface area (TPSA) is 59.3 Å². The van der Waals surface area contributed by atoms with Crippen LogP contribution in [0.3, 0.4) is 0 Å². The average Bonchev–Trinajstić information content (AvgIpc) is 2.94. The normalized spacial score (nSPS) is 28.8. The maximum atomic E-state index is 12.6. The van der Waals surface area contributed by atoms with Gasteiger partial charge >= 0.3 is 13.8 Å². The van der Waals surface area contributed by atoms with Crippen LogP contribution in [0.15, 0.2) is 0 Å². The van der Waals surface area contributed by atoms with E-state index in [-0.39, 0.29) is 13.2 Å². The predicted octanol–water partition coefficient (Wildman–Crippen LogP) is 3.10. The Labute approximate surface area is 97.2 Å². The van der Waals surface area contributed by atoms with Crippen molar-refractivity contribution in [1.29, 1.82) is 5.26 Å². The molecule has 0 bridgehead atoms. The quantitative estimate of drug-likeness (QED) is 0.721. The van der Waals surface area contributed by atoms with E-state index in [1.165, 1.54) is 19.9 Å². The second kappa shape index (κ2) is 4.60. The lowest BCUT2D eigenvalue weighted by molar-refractivity contribution is -0.149. The van der Waals surface area contributed by atoms with Gasteiger partial charge in [0.15, 0.2) is 5.16 Å². The summed E-state index contributed by atoms with van der Waals surface area (Å²) in [5, 5.41) is 6.84. The SMILES string of the molecule is CCOP(=O)(OCC)C1(C#N)CC1C(F)(F)F. The Morgan fingerprint density at radius 1 is 1.41 bits per heavy atom. The molecule has 0 heterocycles. The molecule has 2 unspecified atom stereocenters. The summed E-state index contributed by atoms with van der Waals surface area (Å²) in [6.07, 6.45) is -5.08. The van der Waals surface area contributed by atoms with Gasteiger partial charge in [-0.3, -0.25) is 4.57 Å². The van der Waals surface area contributed by atoms with Gasteiger partial charge in [-0.25, -0.2) is 0 Å². The van der Waals surface area contributed by atoms with Crippen molar-refractivity contribution in [3.63, 3.8) is 0 Å². The summed E-state index contributed by atoms with van der Waals surface area (Å²) >= 11 is 0. The summed E-state index contributed by atoms with van der Waals surface area (Å²) in [6.45, 7) is 2.85. The molecule has 0 aromatic heterocycles. The van der Waals surface area contributed by atoms with Crippen molar-refractivity contribution in [2.24, 2.45) is 5.92 Å². The molecule has 0 spiro atoms. The van der Waals surface area contributed by atoms with Crippen LogP contribution in [0.2, 0.25) is 0 Å². The third-order valence-electron chi connectivity index (χ3n) is 2.61. The van der Waals surface area contributed by atoms with Crippen LogP contribution in [0.5, 0.6) is 0 Å². The smallest absolute Gasteiger partial charge is 0.308 e. The Balaban J connectivity index is 3.03. The molecule has 2 atom stereocenters. The molecule has 1 aliphatic carbocycles. The first-order chi connectivity index (χ1) is 7.77. The second-order valence-corrected chi connectivity index (χ2v) is 5.98. The molecular formula is C9H13F3NO3P. The number of hydrogen-bond donors (Lipinski definition) is 0. The second-order valence-electron chi connectivity index (χ2n) is 3.67. The predicted molar refractivity (Wildman–Crippen MR) is 53.4 cm³/mol. The lowest BCUT2D eigenvalue weighted by atomic mass is 10.3.